The molecule has 2 rings (SSSR count). The molecule has 0 aliphatic carbocycles. The first kappa shape index (κ1) is 14.5. The molecular formula is C15H21N3O2. The monoisotopic (exact) mass is 275 g/mol. The van der Waals surface area contributed by atoms with Crippen LogP contribution in [0.2, 0.25) is 0 Å². The van der Waals surface area contributed by atoms with Gasteiger partial charge in [0.1, 0.15) is 0 Å². The second-order valence-electron chi connectivity index (χ2n) is 5.42. The quantitative estimate of drug-likeness (QED) is 0.907. The number of nitrogens with zero attached hydrogens (tertiary/aromatic N) is 2. The van der Waals surface area contributed by atoms with E-state index in [2.05, 4.69) is 10.2 Å². The van der Waals surface area contributed by atoms with E-state index in [0.717, 1.165) is 19.5 Å². The molecule has 1 unspecified atom stereocenters. The number of carbonyl (C=O) groups excluding carboxylic acids is 2. The molecule has 108 valence electrons. The smallest absolute Gasteiger partial charge is 0.253 e. The van der Waals surface area contributed by atoms with Gasteiger partial charge in [-0.25, -0.2) is 0 Å². The third-order valence-corrected chi connectivity index (χ3v) is 3.63. The highest BCUT2D eigenvalue weighted by atomic mass is 16.2. The van der Waals surface area contributed by atoms with Crippen LogP contribution in [0.1, 0.15) is 23.7 Å². The molecule has 0 saturated carbocycles. The van der Waals surface area contributed by atoms with Gasteiger partial charge in [0.2, 0.25) is 5.91 Å². The summed E-state index contributed by atoms with van der Waals surface area (Å²) >= 11 is 0. The Morgan fingerprint density at radius 1 is 1.25 bits per heavy atom. The first-order valence-corrected chi connectivity index (χ1v) is 6.80. The molecule has 0 spiro atoms. The Morgan fingerprint density at radius 2 is 1.90 bits per heavy atom. The van der Waals surface area contributed by atoms with Crippen molar-refractivity contribution in [1.29, 1.82) is 0 Å². The van der Waals surface area contributed by atoms with Gasteiger partial charge in [-0.15, -0.1) is 0 Å². The second kappa shape index (κ2) is 6.05. The number of likely N-dealkylation sites (tertiary alicyclic amines) is 1. The molecule has 1 saturated heterocycles. The summed E-state index contributed by atoms with van der Waals surface area (Å²) in [6.07, 6.45) is 1.02. The normalized spacial score (nSPS) is 18.4. The van der Waals surface area contributed by atoms with E-state index < -0.39 is 0 Å². The molecule has 20 heavy (non-hydrogen) atoms. The van der Waals surface area contributed by atoms with Gasteiger partial charge in [0, 0.05) is 37.3 Å². The largest absolute Gasteiger partial charge is 0.337 e. The average molecular weight is 275 g/mol. The summed E-state index contributed by atoms with van der Waals surface area (Å²) < 4.78 is 0. The Morgan fingerprint density at radius 3 is 2.40 bits per heavy atom. The summed E-state index contributed by atoms with van der Waals surface area (Å²) in [5, 5.41) is 2.69. The molecule has 5 nitrogen and oxygen atoms in total. The zero-order chi connectivity index (χ0) is 14.7. The van der Waals surface area contributed by atoms with Crippen molar-refractivity contribution in [2.24, 2.45) is 0 Å². The van der Waals surface area contributed by atoms with E-state index in [4.69, 9.17) is 0 Å². The molecule has 2 amide bonds. The molecule has 5 heteroatoms. The number of hydrogen-bond acceptors (Lipinski definition) is 3. The maximum Gasteiger partial charge on any atom is 0.253 e. The van der Waals surface area contributed by atoms with Crippen molar-refractivity contribution >= 4 is 17.5 Å². The predicted molar refractivity (Wildman–Crippen MR) is 78.7 cm³/mol. The van der Waals surface area contributed by atoms with Crippen LogP contribution in [0.3, 0.4) is 0 Å². The molecule has 1 aliphatic rings. The number of likely N-dealkylation sites (N-methyl/N-ethyl adjacent to an activating group) is 1. The van der Waals surface area contributed by atoms with Crippen molar-refractivity contribution in [1.82, 2.24) is 9.80 Å². The summed E-state index contributed by atoms with van der Waals surface area (Å²) in [4.78, 5) is 27.4. The van der Waals surface area contributed by atoms with Crippen LogP contribution in [0.4, 0.5) is 5.69 Å². The minimum atomic E-state index is -0.113. The van der Waals surface area contributed by atoms with E-state index in [1.54, 1.807) is 24.3 Å². The van der Waals surface area contributed by atoms with Crippen molar-refractivity contribution in [2.75, 3.05) is 32.5 Å². The topological polar surface area (TPSA) is 52.7 Å². The van der Waals surface area contributed by atoms with E-state index >= 15 is 0 Å². The maximum atomic E-state index is 12.4. The molecule has 1 heterocycles. The number of anilines is 1. The van der Waals surface area contributed by atoms with E-state index in [1.807, 2.05) is 19.0 Å². The third-order valence-electron chi connectivity index (χ3n) is 3.63. The number of benzene rings is 1. The van der Waals surface area contributed by atoms with Crippen LogP contribution in [0.25, 0.3) is 0 Å². The third kappa shape index (κ3) is 3.36. The number of rotatable bonds is 3. The number of carbonyl (C=O) groups is 2. The standard InChI is InChI=1S/C15H21N3O2/c1-11(19)16-13-6-4-12(5-7-13)15(20)18-9-8-14(10-18)17(2)3/h4-7,14H,8-10H2,1-3H3,(H,16,19). The average Bonchev–Trinajstić information content (AvgIpc) is 2.88. The zero-order valence-corrected chi connectivity index (χ0v) is 12.2. The molecule has 0 bridgehead atoms. The first-order chi connectivity index (χ1) is 9.47. The number of nitrogens with one attached hydrogen (secondary N) is 1. The van der Waals surface area contributed by atoms with Crippen LogP contribution in [0.5, 0.6) is 0 Å². The highest BCUT2D eigenvalue weighted by molar-refractivity contribution is 5.95. The van der Waals surface area contributed by atoms with Gasteiger partial charge in [0.15, 0.2) is 0 Å². The van der Waals surface area contributed by atoms with Crippen molar-refractivity contribution in [3.05, 3.63) is 29.8 Å². The lowest BCUT2D eigenvalue weighted by atomic mass is 10.2. The molecule has 1 fully saturated rings. The van der Waals surface area contributed by atoms with Crippen LogP contribution in [-0.4, -0.2) is 54.8 Å². The van der Waals surface area contributed by atoms with Crippen molar-refractivity contribution in [3.63, 3.8) is 0 Å². The Bertz CT molecular complexity index is 496. The summed E-state index contributed by atoms with van der Waals surface area (Å²) in [7, 11) is 4.09. The van der Waals surface area contributed by atoms with E-state index in [1.165, 1.54) is 6.92 Å². The lowest BCUT2D eigenvalue weighted by Gasteiger charge is -2.20. The van der Waals surface area contributed by atoms with Gasteiger partial charge in [0.25, 0.3) is 5.91 Å². The van der Waals surface area contributed by atoms with E-state index in [9.17, 15) is 9.59 Å². The van der Waals surface area contributed by atoms with Crippen LogP contribution < -0.4 is 5.32 Å². The SMILES string of the molecule is CC(=O)Nc1ccc(C(=O)N2CCC(N(C)C)C2)cc1. The van der Waals surface area contributed by atoms with Crippen molar-refractivity contribution in [3.8, 4) is 0 Å². The van der Waals surface area contributed by atoms with Gasteiger partial charge in [-0.1, -0.05) is 0 Å². The molecule has 0 radical (unpaired) electrons. The number of hydrogen-bond donors (Lipinski definition) is 1. The second-order valence-corrected chi connectivity index (χ2v) is 5.42. The first-order valence-electron chi connectivity index (χ1n) is 6.80. The lowest BCUT2D eigenvalue weighted by Crippen LogP contribution is -2.34. The van der Waals surface area contributed by atoms with E-state index in [0.29, 0.717) is 17.3 Å². The Kier molecular flexibility index (Phi) is 4.39. The minimum Gasteiger partial charge on any atom is -0.337 e. The molecular weight excluding hydrogens is 254 g/mol. The fraction of sp³-hybridized carbons (Fsp3) is 0.467. The van der Waals surface area contributed by atoms with Gasteiger partial charge in [-0.2, -0.15) is 0 Å². The van der Waals surface area contributed by atoms with Crippen LogP contribution in [-0.2, 0) is 4.79 Å². The molecule has 1 aromatic carbocycles. The van der Waals surface area contributed by atoms with Gasteiger partial charge in [-0.3, -0.25) is 9.59 Å². The van der Waals surface area contributed by atoms with Gasteiger partial charge in [-0.05, 0) is 44.8 Å². The van der Waals surface area contributed by atoms with E-state index in [-0.39, 0.29) is 11.8 Å². The minimum absolute atomic E-state index is 0.0590. The summed E-state index contributed by atoms with van der Waals surface area (Å²) in [6, 6.07) is 7.48. The van der Waals surface area contributed by atoms with Crippen LogP contribution in [0.15, 0.2) is 24.3 Å². The van der Waals surface area contributed by atoms with Gasteiger partial charge < -0.3 is 15.1 Å². The molecule has 1 N–H and O–H groups in total. The summed E-state index contributed by atoms with van der Waals surface area (Å²) in [5.74, 6) is -0.0545. The Hall–Kier alpha value is -1.88. The summed E-state index contributed by atoms with van der Waals surface area (Å²) in [6.45, 7) is 3.04. The molecule has 1 aromatic rings. The highest BCUT2D eigenvalue weighted by Gasteiger charge is 2.27. The molecule has 1 atom stereocenters. The lowest BCUT2D eigenvalue weighted by molar-refractivity contribution is -0.114. The van der Waals surface area contributed by atoms with Crippen molar-refractivity contribution < 1.29 is 9.59 Å². The fourth-order valence-electron chi connectivity index (χ4n) is 2.43. The number of amides is 2. The summed E-state index contributed by atoms with van der Waals surface area (Å²) in [5.41, 5.74) is 1.38. The fourth-order valence-corrected chi connectivity index (χ4v) is 2.43. The zero-order valence-electron chi connectivity index (χ0n) is 12.2. The highest BCUT2D eigenvalue weighted by Crippen LogP contribution is 2.17. The van der Waals surface area contributed by atoms with Crippen LogP contribution in [0, 0.1) is 0 Å². The van der Waals surface area contributed by atoms with Crippen LogP contribution >= 0.6 is 0 Å². The maximum absolute atomic E-state index is 12.4. The van der Waals surface area contributed by atoms with Crippen molar-refractivity contribution in [2.45, 2.75) is 19.4 Å². The predicted octanol–water partition coefficient (Wildman–Crippen LogP) is 1.42. The van der Waals surface area contributed by atoms with Gasteiger partial charge in [0.05, 0.1) is 0 Å². The Balaban J connectivity index is 2.01. The molecule has 1 aliphatic heterocycles. The van der Waals surface area contributed by atoms with Gasteiger partial charge >= 0.3 is 0 Å². The molecule has 0 aromatic heterocycles. The Labute approximate surface area is 119 Å².